The Labute approximate surface area is 122 Å². The number of fused-ring (bicyclic) bond motifs is 3. The molecule has 21 heavy (non-hydrogen) atoms. The lowest BCUT2D eigenvalue weighted by atomic mass is 9.93. The minimum Gasteiger partial charge on any atom is -0.504 e. The topological polar surface area (TPSA) is 85.2 Å². The van der Waals surface area contributed by atoms with Crippen LogP contribution in [0.25, 0.3) is 0 Å². The first-order valence-electron chi connectivity index (χ1n) is 7.06. The first-order chi connectivity index (χ1) is 10.1. The monoisotopic (exact) mass is 294 g/mol. The first-order valence-corrected chi connectivity index (χ1v) is 7.06. The molecule has 3 unspecified atom stereocenters. The molecule has 6 nitrogen and oxygen atoms in total. The van der Waals surface area contributed by atoms with E-state index < -0.39 is 17.8 Å². The van der Waals surface area contributed by atoms with Gasteiger partial charge in [-0.2, -0.15) is 0 Å². The van der Waals surface area contributed by atoms with Crippen molar-refractivity contribution in [3.8, 4) is 17.2 Å². The van der Waals surface area contributed by atoms with Crippen molar-refractivity contribution < 1.29 is 29.2 Å². The van der Waals surface area contributed by atoms with Crippen LogP contribution in [0.1, 0.15) is 48.2 Å². The predicted octanol–water partition coefficient (Wildman–Crippen LogP) is 2.28. The van der Waals surface area contributed by atoms with E-state index in [1.807, 2.05) is 0 Å². The fraction of sp³-hybridized carbons (Fsp3) is 0.533. The van der Waals surface area contributed by atoms with Crippen LogP contribution in [0, 0.1) is 0 Å². The van der Waals surface area contributed by atoms with E-state index in [-0.39, 0.29) is 29.3 Å². The molecule has 2 N–H and O–H groups in total. The van der Waals surface area contributed by atoms with Crippen molar-refractivity contribution >= 4 is 5.97 Å². The predicted molar refractivity (Wildman–Crippen MR) is 72.7 cm³/mol. The fourth-order valence-electron chi connectivity index (χ4n) is 3.12. The quantitative estimate of drug-likeness (QED) is 0.832. The number of phenolic OH excluding ortho intramolecular Hbond substituents is 2. The van der Waals surface area contributed by atoms with Gasteiger partial charge in [0.1, 0.15) is 17.8 Å². The van der Waals surface area contributed by atoms with Crippen LogP contribution >= 0.6 is 0 Å². The average Bonchev–Trinajstić information content (AvgIpc) is 2.81. The zero-order valence-electron chi connectivity index (χ0n) is 12.0. The maximum absolute atomic E-state index is 12.1. The molecule has 114 valence electrons. The van der Waals surface area contributed by atoms with Crippen LogP contribution in [0.4, 0.5) is 0 Å². The van der Waals surface area contributed by atoms with Gasteiger partial charge in [0, 0.05) is 12.0 Å². The average molecular weight is 294 g/mol. The third-order valence-corrected chi connectivity index (χ3v) is 4.02. The number of methoxy groups -OCH3 is 1. The zero-order chi connectivity index (χ0) is 15.1. The van der Waals surface area contributed by atoms with Crippen LogP contribution in [-0.4, -0.2) is 35.5 Å². The van der Waals surface area contributed by atoms with E-state index >= 15 is 0 Å². The Balaban J connectivity index is 2.05. The standard InChI is InChI=1S/C15H18O6/c1-3-4-7-5-10-13(20-7)8-6-9(16)14(19-2)12(17)11(8)15(18)21-10/h6-7,10,13,16-17H,3-5H2,1-2H3. The summed E-state index contributed by atoms with van der Waals surface area (Å²) >= 11 is 0. The lowest BCUT2D eigenvalue weighted by Crippen LogP contribution is -2.29. The molecule has 0 radical (unpaired) electrons. The zero-order valence-corrected chi connectivity index (χ0v) is 12.0. The number of hydrogen-bond donors (Lipinski definition) is 2. The van der Waals surface area contributed by atoms with Crippen LogP contribution in [0.15, 0.2) is 6.07 Å². The lowest BCUT2D eigenvalue weighted by molar-refractivity contribution is -0.0235. The van der Waals surface area contributed by atoms with Crippen LogP contribution in [0.5, 0.6) is 17.2 Å². The van der Waals surface area contributed by atoms with E-state index in [0.717, 1.165) is 12.8 Å². The van der Waals surface area contributed by atoms with Gasteiger partial charge in [0.15, 0.2) is 11.5 Å². The summed E-state index contributed by atoms with van der Waals surface area (Å²) in [4.78, 5) is 12.1. The Bertz CT molecular complexity index is 582. The molecule has 6 heteroatoms. The smallest absolute Gasteiger partial charge is 0.342 e. The van der Waals surface area contributed by atoms with E-state index in [9.17, 15) is 15.0 Å². The molecule has 0 aromatic heterocycles. The van der Waals surface area contributed by atoms with Gasteiger partial charge in [-0.25, -0.2) is 4.79 Å². The Morgan fingerprint density at radius 2 is 2.19 bits per heavy atom. The van der Waals surface area contributed by atoms with Gasteiger partial charge in [0.2, 0.25) is 5.75 Å². The molecule has 0 bridgehead atoms. The van der Waals surface area contributed by atoms with E-state index in [4.69, 9.17) is 14.2 Å². The summed E-state index contributed by atoms with van der Waals surface area (Å²) in [5.74, 6) is -1.36. The molecule has 1 fully saturated rings. The van der Waals surface area contributed by atoms with Crippen LogP contribution in [0.3, 0.4) is 0 Å². The number of carbonyl (C=O) groups is 1. The highest BCUT2D eigenvalue weighted by molar-refractivity contribution is 5.97. The molecular formula is C15H18O6. The van der Waals surface area contributed by atoms with Crippen molar-refractivity contribution in [3.63, 3.8) is 0 Å². The maximum Gasteiger partial charge on any atom is 0.342 e. The van der Waals surface area contributed by atoms with E-state index in [1.165, 1.54) is 13.2 Å². The normalized spacial score (nSPS) is 27.0. The minimum atomic E-state index is -0.609. The van der Waals surface area contributed by atoms with Crippen molar-refractivity contribution in [3.05, 3.63) is 17.2 Å². The Morgan fingerprint density at radius 3 is 2.86 bits per heavy atom. The Morgan fingerprint density at radius 1 is 1.43 bits per heavy atom. The molecule has 0 amide bonds. The number of aromatic hydroxyl groups is 2. The molecule has 2 heterocycles. The Hall–Kier alpha value is -1.95. The second-order valence-corrected chi connectivity index (χ2v) is 5.39. The number of hydrogen-bond acceptors (Lipinski definition) is 6. The van der Waals surface area contributed by atoms with E-state index in [2.05, 4.69) is 6.92 Å². The first kappa shape index (κ1) is 14.0. The summed E-state index contributed by atoms with van der Waals surface area (Å²) in [7, 11) is 1.31. The third-order valence-electron chi connectivity index (χ3n) is 4.02. The van der Waals surface area contributed by atoms with Crippen molar-refractivity contribution in [2.45, 2.75) is 44.5 Å². The number of carbonyl (C=O) groups excluding carboxylic acids is 1. The summed E-state index contributed by atoms with van der Waals surface area (Å²) in [6.07, 6.45) is 1.70. The third kappa shape index (κ3) is 2.10. The van der Waals surface area contributed by atoms with Crippen LogP contribution in [0.2, 0.25) is 0 Å². The number of benzene rings is 1. The van der Waals surface area contributed by atoms with Gasteiger partial charge >= 0.3 is 5.97 Å². The molecule has 1 aromatic rings. The molecule has 0 aliphatic carbocycles. The van der Waals surface area contributed by atoms with Gasteiger partial charge < -0.3 is 24.4 Å². The maximum atomic E-state index is 12.1. The molecule has 0 spiro atoms. The second kappa shape index (κ2) is 5.11. The van der Waals surface area contributed by atoms with Crippen molar-refractivity contribution in [2.75, 3.05) is 7.11 Å². The SMILES string of the molecule is CCCC1CC2OC(=O)c3c(cc(O)c(OC)c3O)C2O1. The van der Waals surface area contributed by atoms with Gasteiger partial charge in [-0.3, -0.25) is 0 Å². The lowest BCUT2D eigenvalue weighted by Gasteiger charge is -2.28. The van der Waals surface area contributed by atoms with Gasteiger partial charge in [0.05, 0.1) is 13.2 Å². The van der Waals surface area contributed by atoms with Crippen molar-refractivity contribution in [2.24, 2.45) is 0 Å². The van der Waals surface area contributed by atoms with Crippen LogP contribution in [-0.2, 0) is 9.47 Å². The second-order valence-electron chi connectivity index (χ2n) is 5.39. The summed E-state index contributed by atoms with van der Waals surface area (Å²) in [6.45, 7) is 2.06. The molecule has 2 aliphatic heterocycles. The molecule has 1 saturated heterocycles. The van der Waals surface area contributed by atoms with Gasteiger partial charge in [-0.1, -0.05) is 13.3 Å². The fourth-order valence-corrected chi connectivity index (χ4v) is 3.12. The van der Waals surface area contributed by atoms with Gasteiger partial charge in [-0.15, -0.1) is 0 Å². The highest BCUT2D eigenvalue weighted by Gasteiger charge is 2.46. The van der Waals surface area contributed by atoms with Crippen molar-refractivity contribution in [1.29, 1.82) is 0 Å². The number of esters is 1. The van der Waals surface area contributed by atoms with Gasteiger partial charge in [-0.05, 0) is 12.5 Å². The largest absolute Gasteiger partial charge is 0.504 e. The molecule has 3 atom stereocenters. The summed E-state index contributed by atoms with van der Waals surface area (Å²) in [5.41, 5.74) is 0.480. The highest BCUT2D eigenvalue weighted by atomic mass is 16.6. The van der Waals surface area contributed by atoms with E-state index in [1.54, 1.807) is 0 Å². The molecular weight excluding hydrogens is 276 g/mol. The van der Waals surface area contributed by atoms with Crippen molar-refractivity contribution in [1.82, 2.24) is 0 Å². The molecule has 3 rings (SSSR count). The minimum absolute atomic E-state index is 0.0167. The number of rotatable bonds is 3. The summed E-state index contributed by atoms with van der Waals surface area (Å²) in [5, 5.41) is 20.1. The molecule has 0 saturated carbocycles. The Kier molecular flexibility index (Phi) is 3.41. The van der Waals surface area contributed by atoms with E-state index in [0.29, 0.717) is 12.0 Å². The van der Waals surface area contributed by atoms with Crippen LogP contribution < -0.4 is 4.74 Å². The number of ether oxygens (including phenoxy) is 3. The summed E-state index contributed by atoms with van der Waals surface area (Å²) in [6, 6.07) is 1.42. The number of phenols is 2. The highest BCUT2D eigenvalue weighted by Crippen LogP contribution is 2.49. The van der Waals surface area contributed by atoms with Gasteiger partial charge in [0.25, 0.3) is 0 Å². The molecule has 2 aliphatic rings. The summed E-state index contributed by atoms with van der Waals surface area (Å²) < 4.78 is 16.2. The molecule has 1 aromatic carbocycles.